The molecule has 0 aliphatic rings. The molecule has 2 aromatic heterocycles. The minimum atomic E-state index is -0.342. The SMILES string of the molecule is Cn1c(=O)c2ccn(C)c2n(-c2ccccc2)c1=O. The number of rotatable bonds is 1. The van der Waals surface area contributed by atoms with Crippen LogP contribution in [0, 0.1) is 0 Å². The largest absolute Gasteiger partial charge is 0.336 e. The van der Waals surface area contributed by atoms with Crippen molar-refractivity contribution in [1.29, 1.82) is 0 Å². The Balaban J connectivity index is 2.58. The smallest absolute Gasteiger partial charge is 0.336 e. The lowest BCUT2D eigenvalue weighted by Gasteiger charge is -2.11. The second-order valence-electron chi connectivity index (χ2n) is 4.48. The summed E-state index contributed by atoms with van der Waals surface area (Å²) in [5.74, 6) is 0. The van der Waals surface area contributed by atoms with E-state index in [4.69, 9.17) is 0 Å². The summed E-state index contributed by atoms with van der Waals surface area (Å²) in [5, 5.41) is 0.536. The molecule has 19 heavy (non-hydrogen) atoms. The first-order chi connectivity index (χ1) is 9.11. The Morgan fingerprint density at radius 2 is 1.63 bits per heavy atom. The molecule has 0 fully saturated rings. The fourth-order valence-electron chi connectivity index (χ4n) is 2.28. The minimum Gasteiger partial charge on any atom is -0.336 e. The van der Waals surface area contributed by atoms with Crippen molar-refractivity contribution in [3.05, 3.63) is 63.4 Å². The molecule has 0 unspecified atom stereocenters. The third-order valence-electron chi connectivity index (χ3n) is 3.28. The molecule has 0 saturated carbocycles. The van der Waals surface area contributed by atoms with E-state index in [0.717, 1.165) is 10.3 Å². The van der Waals surface area contributed by atoms with Crippen LogP contribution in [0.15, 0.2) is 52.2 Å². The topological polar surface area (TPSA) is 48.9 Å². The van der Waals surface area contributed by atoms with E-state index >= 15 is 0 Å². The van der Waals surface area contributed by atoms with Gasteiger partial charge in [-0.25, -0.2) is 9.36 Å². The molecular formula is C14H13N3O2. The molecular weight excluding hydrogens is 242 g/mol. The standard InChI is InChI=1S/C14H13N3O2/c1-15-9-8-11-12(15)17(10-6-4-3-5-7-10)14(19)16(2)13(11)18/h3-9H,1-2H3. The normalized spacial score (nSPS) is 11.1. The number of hydrogen-bond acceptors (Lipinski definition) is 2. The number of para-hydroxylation sites is 1. The van der Waals surface area contributed by atoms with Gasteiger partial charge in [-0.15, -0.1) is 0 Å². The third-order valence-corrected chi connectivity index (χ3v) is 3.28. The molecule has 0 N–H and O–H groups in total. The van der Waals surface area contributed by atoms with Crippen LogP contribution < -0.4 is 11.2 Å². The van der Waals surface area contributed by atoms with E-state index < -0.39 is 0 Å². The molecule has 0 radical (unpaired) electrons. The lowest BCUT2D eigenvalue weighted by molar-refractivity contribution is 0.739. The minimum absolute atomic E-state index is 0.271. The van der Waals surface area contributed by atoms with Crippen LogP contribution in [-0.2, 0) is 14.1 Å². The van der Waals surface area contributed by atoms with Gasteiger partial charge in [-0.3, -0.25) is 9.36 Å². The Morgan fingerprint density at radius 1 is 0.947 bits per heavy atom. The number of aromatic nitrogens is 3. The highest BCUT2D eigenvalue weighted by Gasteiger charge is 2.14. The summed E-state index contributed by atoms with van der Waals surface area (Å²) >= 11 is 0. The van der Waals surface area contributed by atoms with E-state index in [2.05, 4.69) is 0 Å². The molecule has 96 valence electrons. The van der Waals surface area contributed by atoms with Gasteiger partial charge in [-0.2, -0.15) is 0 Å². The number of aryl methyl sites for hydroxylation is 1. The van der Waals surface area contributed by atoms with Crippen LogP contribution >= 0.6 is 0 Å². The Bertz CT molecular complexity index is 869. The van der Waals surface area contributed by atoms with Crippen LogP contribution in [0.2, 0.25) is 0 Å². The van der Waals surface area contributed by atoms with Crippen molar-refractivity contribution >= 4 is 11.0 Å². The van der Waals surface area contributed by atoms with E-state index in [1.807, 2.05) is 37.4 Å². The average molecular weight is 255 g/mol. The lowest BCUT2D eigenvalue weighted by atomic mass is 10.3. The first-order valence-electron chi connectivity index (χ1n) is 5.94. The van der Waals surface area contributed by atoms with Crippen molar-refractivity contribution in [2.75, 3.05) is 0 Å². The highest BCUT2D eigenvalue weighted by atomic mass is 16.2. The van der Waals surface area contributed by atoms with Crippen LogP contribution in [0.4, 0.5) is 0 Å². The van der Waals surface area contributed by atoms with Gasteiger partial charge in [0.2, 0.25) is 0 Å². The second kappa shape index (κ2) is 3.98. The van der Waals surface area contributed by atoms with Crippen molar-refractivity contribution in [3.63, 3.8) is 0 Å². The highest BCUT2D eigenvalue weighted by molar-refractivity contribution is 5.77. The van der Waals surface area contributed by atoms with E-state index in [-0.39, 0.29) is 11.2 Å². The summed E-state index contributed by atoms with van der Waals surface area (Å²) in [4.78, 5) is 24.4. The Labute approximate surface area is 109 Å². The fourth-order valence-corrected chi connectivity index (χ4v) is 2.28. The Kier molecular flexibility index (Phi) is 2.41. The molecule has 0 bridgehead atoms. The van der Waals surface area contributed by atoms with Gasteiger partial charge in [0.25, 0.3) is 5.56 Å². The maximum atomic E-state index is 12.4. The van der Waals surface area contributed by atoms with Crippen molar-refractivity contribution < 1.29 is 0 Å². The van der Waals surface area contributed by atoms with E-state index in [1.165, 1.54) is 7.05 Å². The van der Waals surface area contributed by atoms with E-state index in [9.17, 15) is 9.59 Å². The van der Waals surface area contributed by atoms with E-state index in [0.29, 0.717) is 11.0 Å². The molecule has 0 aliphatic heterocycles. The van der Waals surface area contributed by atoms with Crippen LogP contribution in [0.5, 0.6) is 0 Å². The molecule has 0 atom stereocenters. The first kappa shape index (κ1) is 11.5. The Hall–Kier alpha value is -2.56. The maximum absolute atomic E-state index is 12.4. The zero-order valence-electron chi connectivity index (χ0n) is 10.7. The molecule has 5 nitrogen and oxygen atoms in total. The van der Waals surface area contributed by atoms with Gasteiger partial charge in [-0.05, 0) is 18.2 Å². The molecule has 0 aliphatic carbocycles. The summed E-state index contributed by atoms with van der Waals surface area (Å²) in [6.45, 7) is 0. The number of hydrogen-bond donors (Lipinski definition) is 0. The van der Waals surface area contributed by atoms with Gasteiger partial charge in [0.05, 0.1) is 11.1 Å². The van der Waals surface area contributed by atoms with Gasteiger partial charge < -0.3 is 4.57 Å². The number of benzene rings is 1. The van der Waals surface area contributed by atoms with Crippen LogP contribution in [0.3, 0.4) is 0 Å². The summed E-state index contributed by atoms with van der Waals surface area (Å²) < 4.78 is 4.47. The predicted octanol–water partition coefficient (Wildman–Crippen LogP) is 1.03. The molecule has 1 aromatic carbocycles. The molecule has 5 heteroatoms. The summed E-state index contributed by atoms with van der Waals surface area (Å²) in [5.41, 5.74) is 0.743. The maximum Gasteiger partial charge on any atom is 0.336 e. The van der Waals surface area contributed by atoms with Crippen LogP contribution in [-0.4, -0.2) is 13.7 Å². The highest BCUT2D eigenvalue weighted by Crippen LogP contribution is 2.13. The predicted molar refractivity (Wildman–Crippen MR) is 73.8 cm³/mol. The van der Waals surface area contributed by atoms with E-state index in [1.54, 1.807) is 21.4 Å². The third kappa shape index (κ3) is 1.55. The van der Waals surface area contributed by atoms with Gasteiger partial charge in [-0.1, -0.05) is 18.2 Å². The Morgan fingerprint density at radius 3 is 2.32 bits per heavy atom. The first-order valence-corrected chi connectivity index (χ1v) is 5.94. The van der Waals surface area contributed by atoms with Crippen LogP contribution in [0.1, 0.15) is 0 Å². The van der Waals surface area contributed by atoms with Gasteiger partial charge >= 0.3 is 5.69 Å². The number of fused-ring (bicyclic) bond motifs is 1. The van der Waals surface area contributed by atoms with Crippen molar-refractivity contribution in [3.8, 4) is 5.69 Å². The quantitative estimate of drug-likeness (QED) is 0.652. The van der Waals surface area contributed by atoms with Crippen molar-refractivity contribution in [2.45, 2.75) is 0 Å². The average Bonchev–Trinajstić information content (AvgIpc) is 2.80. The summed E-state index contributed by atoms with van der Waals surface area (Å²) in [6.07, 6.45) is 1.78. The lowest BCUT2D eigenvalue weighted by Crippen LogP contribution is -2.37. The molecule has 0 amide bonds. The van der Waals surface area contributed by atoms with Gasteiger partial charge in [0.15, 0.2) is 0 Å². The zero-order valence-corrected chi connectivity index (χ0v) is 10.7. The zero-order chi connectivity index (χ0) is 13.6. The molecule has 3 rings (SSSR count). The molecule has 2 heterocycles. The molecule has 0 saturated heterocycles. The number of nitrogens with zero attached hydrogens (tertiary/aromatic N) is 3. The van der Waals surface area contributed by atoms with Gasteiger partial charge in [0.1, 0.15) is 5.65 Å². The monoisotopic (exact) mass is 255 g/mol. The fraction of sp³-hybridized carbons (Fsp3) is 0.143. The molecule has 0 spiro atoms. The summed E-state index contributed by atoms with van der Waals surface area (Å²) in [6, 6.07) is 11.0. The van der Waals surface area contributed by atoms with Crippen LogP contribution in [0.25, 0.3) is 16.7 Å². The van der Waals surface area contributed by atoms with Gasteiger partial charge in [0, 0.05) is 20.3 Å². The molecule has 3 aromatic rings. The van der Waals surface area contributed by atoms with Crippen molar-refractivity contribution in [2.24, 2.45) is 14.1 Å². The second-order valence-corrected chi connectivity index (χ2v) is 4.48. The van der Waals surface area contributed by atoms with Crippen molar-refractivity contribution in [1.82, 2.24) is 13.7 Å². The summed E-state index contributed by atoms with van der Waals surface area (Å²) in [7, 11) is 3.32.